The van der Waals surface area contributed by atoms with Gasteiger partial charge >= 0.3 is 0 Å². The van der Waals surface area contributed by atoms with Gasteiger partial charge in [0.25, 0.3) is 0 Å². The first-order valence-corrected chi connectivity index (χ1v) is 3.74. The number of benzene rings is 1. The van der Waals surface area contributed by atoms with Gasteiger partial charge in [0.05, 0.1) is 0 Å². The Kier molecular flexibility index (Phi) is 2.60. The van der Waals surface area contributed by atoms with Crippen LogP contribution < -0.4 is 5.73 Å². The Morgan fingerprint density at radius 1 is 1.50 bits per heavy atom. The molecule has 54 valence electrons. The minimum absolute atomic E-state index is 0.510. The normalized spacial score (nSPS) is 9.90. The Morgan fingerprint density at radius 2 is 2.20 bits per heavy atom. The summed E-state index contributed by atoms with van der Waals surface area (Å²) in [4.78, 5) is 0.856. The summed E-state index contributed by atoms with van der Waals surface area (Å²) in [5.41, 5.74) is 6.43. The number of rotatable bonds is 1. The second kappa shape index (κ2) is 3.28. The van der Waals surface area contributed by atoms with E-state index in [4.69, 9.17) is 17.3 Å². The molecule has 1 rings (SSSR count). The number of halogens is 1. The quantitative estimate of drug-likeness (QED) is 0.625. The molecule has 0 aliphatic carbocycles. The topological polar surface area (TPSA) is 26.0 Å². The number of thiol groups is 1. The minimum Gasteiger partial charge on any atom is -0.326 e. The van der Waals surface area contributed by atoms with Gasteiger partial charge in [0.15, 0.2) is 0 Å². The van der Waals surface area contributed by atoms with Crippen molar-refractivity contribution in [3.05, 3.63) is 28.8 Å². The van der Waals surface area contributed by atoms with Crippen LogP contribution in [-0.4, -0.2) is 0 Å². The molecule has 0 radical (unpaired) electrons. The van der Waals surface area contributed by atoms with Gasteiger partial charge in [-0.05, 0) is 17.7 Å². The molecule has 0 atom stereocenters. The van der Waals surface area contributed by atoms with E-state index in [-0.39, 0.29) is 0 Å². The third-order valence-electron chi connectivity index (χ3n) is 1.27. The van der Waals surface area contributed by atoms with Crippen LogP contribution in [0.2, 0.25) is 5.02 Å². The third kappa shape index (κ3) is 1.66. The molecule has 0 aromatic heterocycles. The van der Waals surface area contributed by atoms with Crippen molar-refractivity contribution in [3.8, 4) is 0 Å². The van der Waals surface area contributed by atoms with Crippen molar-refractivity contribution in [3.63, 3.8) is 0 Å². The Labute approximate surface area is 70.6 Å². The Hall–Kier alpha value is -0.180. The highest BCUT2D eigenvalue weighted by Crippen LogP contribution is 2.18. The van der Waals surface area contributed by atoms with E-state index in [1.165, 1.54) is 0 Å². The lowest BCUT2D eigenvalue weighted by molar-refractivity contribution is 1.03. The van der Waals surface area contributed by atoms with Gasteiger partial charge in [-0.2, -0.15) is 0 Å². The van der Waals surface area contributed by atoms with Gasteiger partial charge < -0.3 is 5.73 Å². The van der Waals surface area contributed by atoms with Crippen molar-refractivity contribution in [2.75, 3.05) is 0 Å². The SMILES string of the molecule is NCc1ccc(Cl)cc1S. The van der Waals surface area contributed by atoms with Gasteiger partial charge in [0, 0.05) is 16.5 Å². The van der Waals surface area contributed by atoms with Crippen LogP contribution in [0, 0.1) is 0 Å². The molecule has 0 fully saturated rings. The van der Waals surface area contributed by atoms with Crippen molar-refractivity contribution in [1.29, 1.82) is 0 Å². The molecule has 0 saturated heterocycles. The molecule has 0 bridgehead atoms. The first-order valence-electron chi connectivity index (χ1n) is 2.91. The summed E-state index contributed by atoms with van der Waals surface area (Å²) >= 11 is 9.87. The molecule has 0 amide bonds. The van der Waals surface area contributed by atoms with Crippen LogP contribution in [0.15, 0.2) is 23.1 Å². The Bertz CT molecular complexity index is 237. The number of nitrogens with two attached hydrogens (primary N) is 1. The van der Waals surface area contributed by atoms with Crippen molar-refractivity contribution < 1.29 is 0 Å². The van der Waals surface area contributed by atoms with E-state index in [1.807, 2.05) is 12.1 Å². The van der Waals surface area contributed by atoms with E-state index in [2.05, 4.69) is 12.6 Å². The zero-order valence-corrected chi connectivity index (χ0v) is 6.99. The second-order valence-corrected chi connectivity index (χ2v) is 2.90. The van der Waals surface area contributed by atoms with E-state index in [0.29, 0.717) is 11.6 Å². The molecule has 3 heteroatoms. The van der Waals surface area contributed by atoms with Crippen molar-refractivity contribution in [1.82, 2.24) is 0 Å². The molecule has 0 saturated carbocycles. The molecule has 1 aromatic rings. The zero-order chi connectivity index (χ0) is 7.56. The highest BCUT2D eigenvalue weighted by atomic mass is 35.5. The first kappa shape index (κ1) is 7.92. The van der Waals surface area contributed by atoms with Crippen LogP contribution >= 0.6 is 24.2 Å². The predicted octanol–water partition coefficient (Wildman–Crippen LogP) is 2.09. The highest BCUT2D eigenvalue weighted by molar-refractivity contribution is 7.80. The van der Waals surface area contributed by atoms with Crippen LogP contribution in [0.4, 0.5) is 0 Å². The van der Waals surface area contributed by atoms with Crippen LogP contribution in [0.3, 0.4) is 0 Å². The third-order valence-corrected chi connectivity index (χ3v) is 1.92. The lowest BCUT2D eigenvalue weighted by Crippen LogP contribution is -1.96. The first-order chi connectivity index (χ1) is 4.74. The van der Waals surface area contributed by atoms with Gasteiger partial charge in [0.2, 0.25) is 0 Å². The van der Waals surface area contributed by atoms with Gasteiger partial charge in [0.1, 0.15) is 0 Å². The van der Waals surface area contributed by atoms with E-state index in [1.54, 1.807) is 6.07 Å². The number of hydrogen-bond donors (Lipinski definition) is 2. The molecule has 0 aliphatic heterocycles. The Balaban J connectivity index is 3.07. The molecule has 0 aliphatic rings. The zero-order valence-electron chi connectivity index (χ0n) is 5.34. The average Bonchev–Trinajstić information content (AvgIpc) is 1.88. The molecule has 0 unspecified atom stereocenters. The summed E-state index contributed by atoms with van der Waals surface area (Å²) in [7, 11) is 0. The monoisotopic (exact) mass is 173 g/mol. The van der Waals surface area contributed by atoms with E-state index >= 15 is 0 Å². The molecule has 1 aromatic carbocycles. The van der Waals surface area contributed by atoms with Crippen molar-refractivity contribution >= 4 is 24.2 Å². The van der Waals surface area contributed by atoms with Gasteiger partial charge in [-0.15, -0.1) is 12.6 Å². The van der Waals surface area contributed by atoms with E-state index in [9.17, 15) is 0 Å². The highest BCUT2D eigenvalue weighted by Gasteiger charge is 1.95. The molecule has 0 spiro atoms. The molecule has 0 heterocycles. The van der Waals surface area contributed by atoms with Crippen molar-refractivity contribution in [2.45, 2.75) is 11.4 Å². The maximum absolute atomic E-state index is 5.68. The summed E-state index contributed by atoms with van der Waals surface area (Å²) < 4.78 is 0. The van der Waals surface area contributed by atoms with Crippen LogP contribution in [0.1, 0.15) is 5.56 Å². The van der Waals surface area contributed by atoms with Crippen LogP contribution in [0.5, 0.6) is 0 Å². The molecular formula is C7H8ClNS. The van der Waals surface area contributed by atoms with Crippen molar-refractivity contribution in [2.24, 2.45) is 5.73 Å². The molecule has 2 N–H and O–H groups in total. The smallest absolute Gasteiger partial charge is 0.0417 e. The fraction of sp³-hybridized carbons (Fsp3) is 0.143. The summed E-state index contributed by atoms with van der Waals surface area (Å²) in [5, 5.41) is 0.696. The standard InChI is InChI=1S/C7H8ClNS/c8-6-2-1-5(4-9)7(10)3-6/h1-3,10H,4,9H2. The molecule has 1 nitrogen and oxygen atoms in total. The maximum atomic E-state index is 5.68. The lowest BCUT2D eigenvalue weighted by atomic mass is 10.2. The predicted molar refractivity (Wildman–Crippen MR) is 46.6 cm³/mol. The second-order valence-electron chi connectivity index (χ2n) is 1.98. The maximum Gasteiger partial charge on any atom is 0.0417 e. The van der Waals surface area contributed by atoms with Gasteiger partial charge in [-0.1, -0.05) is 17.7 Å². The summed E-state index contributed by atoms with van der Waals surface area (Å²) in [6.07, 6.45) is 0. The summed E-state index contributed by atoms with van der Waals surface area (Å²) in [6, 6.07) is 5.47. The Morgan fingerprint density at radius 3 is 2.70 bits per heavy atom. The van der Waals surface area contributed by atoms with Crippen LogP contribution in [0.25, 0.3) is 0 Å². The molecule has 10 heavy (non-hydrogen) atoms. The van der Waals surface area contributed by atoms with Gasteiger partial charge in [-0.3, -0.25) is 0 Å². The van der Waals surface area contributed by atoms with Gasteiger partial charge in [-0.25, -0.2) is 0 Å². The molecular weight excluding hydrogens is 166 g/mol. The summed E-state index contributed by atoms with van der Waals surface area (Å²) in [6.45, 7) is 0.510. The number of hydrogen-bond acceptors (Lipinski definition) is 2. The summed E-state index contributed by atoms with van der Waals surface area (Å²) in [5.74, 6) is 0. The van der Waals surface area contributed by atoms with E-state index in [0.717, 1.165) is 10.5 Å². The largest absolute Gasteiger partial charge is 0.326 e. The fourth-order valence-corrected chi connectivity index (χ4v) is 1.26. The lowest BCUT2D eigenvalue weighted by Gasteiger charge is -2.00. The average molecular weight is 174 g/mol. The fourth-order valence-electron chi connectivity index (χ4n) is 0.710. The van der Waals surface area contributed by atoms with Crippen LogP contribution in [-0.2, 0) is 6.54 Å². The minimum atomic E-state index is 0.510. The van der Waals surface area contributed by atoms with E-state index < -0.39 is 0 Å².